The zero-order valence-corrected chi connectivity index (χ0v) is 12.5. The van der Waals surface area contributed by atoms with Gasteiger partial charge >= 0.3 is 0 Å². The molecular formula is C12H11Cl3FN3. The molecule has 2 rings (SSSR count). The van der Waals surface area contributed by atoms with Crippen molar-refractivity contribution in [3.63, 3.8) is 0 Å². The number of nitrogens with one attached hydrogen (secondary N) is 1. The zero-order valence-electron chi connectivity index (χ0n) is 10.3. The van der Waals surface area contributed by atoms with Crippen molar-refractivity contribution in [2.75, 3.05) is 5.32 Å². The smallest absolute Gasteiger partial charge is 0.126 e. The number of rotatable bonds is 3. The van der Waals surface area contributed by atoms with Crippen LogP contribution in [0.25, 0.3) is 0 Å². The molecule has 3 nitrogen and oxygen atoms in total. The molecule has 0 fully saturated rings. The Morgan fingerprint density at radius 1 is 1.26 bits per heavy atom. The van der Waals surface area contributed by atoms with Gasteiger partial charge in [-0.15, -0.1) is 0 Å². The van der Waals surface area contributed by atoms with Crippen molar-refractivity contribution in [2.45, 2.75) is 13.5 Å². The first-order chi connectivity index (χ1) is 8.90. The van der Waals surface area contributed by atoms with Gasteiger partial charge < -0.3 is 5.32 Å². The number of anilines is 1. The molecule has 1 heterocycles. The molecule has 0 spiro atoms. The molecule has 0 saturated heterocycles. The number of benzene rings is 1. The predicted molar refractivity (Wildman–Crippen MR) is 76.7 cm³/mol. The molecule has 0 unspecified atom stereocenters. The summed E-state index contributed by atoms with van der Waals surface area (Å²) >= 11 is 18.0. The van der Waals surface area contributed by atoms with Crippen LogP contribution in [0, 0.1) is 12.7 Å². The standard InChI is InChI=1S/C12H11Cl3FN3/c1-6-11(15)10(19(2)18-6)5-17-12-8(13)3-7(16)4-9(12)14/h3-4,17H,5H2,1-2H3. The third kappa shape index (κ3) is 2.96. The fourth-order valence-electron chi connectivity index (χ4n) is 1.76. The number of aromatic nitrogens is 2. The Bertz CT molecular complexity index is 602. The highest BCUT2D eigenvalue weighted by atomic mass is 35.5. The van der Waals surface area contributed by atoms with Gasteiger partial charge in [0.15, 0.2) is 0 Å². The SMILES string of the molecule is Cc1nn(C)c(CNc2c(Cl)cc(F)cc2Cl)c1Cl. The highest BCUT2D eigenvalue weighted by Gasteiger charge is 2.13. The molecular weight excluding hydrogens is 312 g/mol. The third-order valence-corrected chi connectivity index (χ3v) is 3.79. The van der Waals surface area contributed by atoms with Gasteiger partial charge in [0.05, 0.1) is 38.7 Å². The molecule has 0 saturated carbocycles. The molecule has 1 aromatic carbocycles. The van der Waals surface area contributed by atoms with Crippen LogP contribution in [0.4, 0.5) is 10.1 Å². The Kier molecular flexibility index (Phi) is 4.23. The maximum atomic E-state index is 13.1. The molecule has 0 amide bonds. The highest BCUT2D eigenvalue weighted by molar-refractivity contribution is 6.39. The predicted octanol–water partition coefficient (Wildman–Crippen LogP) is 4.44. The van der Waals surface area contributed by atoms with E-state index in [1.54, 1.807) is 11.7 Å². The highest BCUT2D eigenvalue weighted by Crippen LogP contribution is 2.32. The molecule has 19 heavy (non-hydrogen) atoms. The molecule has 0 radical (unpaired) electrons. The zero-order chi connectivity index (χ0) is 14.2. The van der Waals surface area contributed by atoms with Crippen molar-refractivity contribution < 1.29 is 4.39 Å². The topological polar surface area (TPSA) is 29.9 Å². The van der Waals surface area contributed by atoms with Gasteiger partial charge in [0.25, 0.3) is 0 Å². The summed E-state index contributed by atoms with van der Waals surface area (Å²) in [6, 6.07) is 2.40. The largest absolute Gasteiger partial charge is 0.377 e. The van der Waals surface area contributed by atoms with E-state index >= 15 is 0 Å². The molecule has 7 heteroatoms. The summed E-state index contributed by atoms with van der Waals surface area (Å²) in [6.07, 6.45) is 0. The van der Waals surface area contributed by atoms with Gasteiger partial charge in [0, 0.05) is 7.05 Å². The monoisotopic (exact) mass is 321 g/mol. The van der Waals surface area contributed by atoms with Gasteiger partial charge in [0.1, 0.15) is 5.82 Å². The van der Waals surface area contributed by atoms with E-state index in [2.05, 4.69) is 10.4 Å². The normalized spacial score (nSPS) is 10.8. The Labute approximate surface area is 125 Å². The second-order valence-corrected chi connectivity index (χ2v) is 5.26. The molecule has 0 atom stereocenters. The van der Waals surface area contributed by atoms with Crippen LogP contribution in [-0.4, -0.2) is 9.78 Å². The minimum atomic E-state index is -0.477. The van der Waals surface area contributed by atoms with E-state index < -0.39 is 5.82 Å². The quantitative estimate of drug-likeness (QED) is 0.905. The van der Waals surface area contributed by atoms with Crippen LogP contribution in [0.2, 0.25) is 15.1 Å². The van der Waals surface area contributed by atoms with Crippen molar-refractivity contribution in [1.82, 2.24) is 9.78 Å². The summed E-state index contributed by atoms with van der Waals surface area (Å²) < 4.78 is 14.7. The summed E-state index contributed by atoms with van der Waals surface area (Å²) in [5, 5.41) is 8.28. The lowest BCUT2D eigenvalue weighted by Gasteiger charge is -2.11. The van der Waals surface area contributed by atoms with Crippen molar-refractivity contribution in [2.24, 2.45) is 7.05 Å². The van der Waals surface area contributed by atoms with E-state index in [9.17, 15) is 4.39 Å². The van der Waals surface area contributed by atoms with Gasteiger partial charge in [-0.25, -0.2) is 4.39 Å². The number of nitrogens with zero attached hydrogens (tertiary/aromatic N) is 2. The van der Waals surface area contributed by atoms with E-state index in [-0.39, 0.29) is 10.0 Å². The van der Waals surface area contributed by atoms with E-state index in [0.29, 0.717) is 17.3 Å². The Hall–Kier alpha value is -0.970. The Morgan fingerprint density at radius 2 is 1.84 bits per heavy atom. The average Bonchev–Trinajstić information content (AvgIpc) is 2.53. The van der Waals surface area contributed by atoms with E-state index in [1.165, 1.54) is 12.1 Å². The van der Waals surface area contributed by atoms with Crippen LogP contribution < -0.4 is 5.32 Å². The van der Waals surface area contributed by atoms with Crippen molar-refractivity contribution in [3.8, 4) is 0 Å². The lowest BCUT2D eigenvalue weighted by molar-refractivity contribution is 0.628. The maximum Gasteiger partial charge on any atom is 0.126 e. The van der Waals surface area contributed by atoms with Crippen molar-refractivity contribution >= 4 is 40.5 Å². The van der Waals surface area contributed by atoms with Crippen LogP contribution in [0.1, 0.15) is 11.4 Å². The van der Waals surface area contributed by atoms with Gasteiger partial charge in [-0.3, -0.25) is 4.68 Å². The summed E-state index contributed by atoms with van der Waals surface area (Å²) in [4.78, 5) is 0. The van der Waals surface area contributed by atoms with Gasteiger partial charge in [0.2, 0.25) is 0 Å². The van der Waals surface area contributed by atoms with Gasteiger partial charge in [-0.2, -0.15) is 5.10 Å². The van der Waals surface area contributed by atoms with Crippen LogP contribution in [0.3, 0.4) is 0 Å². The molecule has 102 valence electrons. The number of hydrogen-bond acceptors (Lipinski definition) is 2. The molecule has 0 bridgehead atoms. The Morgan fingerprint density at radius 3 is 2.32 bits per heavy atom. The van der Waals surface area contributed by atoms with Crippen molar-refractivity contribution in [3.05, 3.63) is 44.4 Å². The van der Waals surface area contributed by atoms with Gasteiger partial charge in [-0.1, -0.05) is 34.8 Å². The fourth-order valence-corrected chi connectivity index (χ4v) is 2.58. The van der Waals surface area contributed by atoms with Gasteiger partial charge in [-0.05, 0) is 19.1 Å². The van der Waals surface area contributed by atoms with Crippen LogP contribution in [-0.2, 0) is 13.6 Å². The first-order valence-electron chi connectivity index (χ1n) is 5.46. The lowest BCUT2D eigenvalue weighted by atomic mass is 10.3. The minimum absolute atomic E-state index is 0.222. The molecule has 1 aromatic heterocycles. The second-order valence-electron chi connectivity index (χ2n) is 4.07. The number of hydrogen-bond donors (Lipinski definition) is 1. The fraction of sp³-hybridized carbons (Fsp3) is 0.250. The molecule has 0 aliphatic heterocycles. The summed E-state index contributed by atoms with van der Waals surface area (Å²) in [6.45, 7) is 2.21. The van der Waals surface area contributed by atoms with Crippen LogP contribution in [0.15, 0.2) is 12.1 Å². The summed E-state index contributed by atoms with van der Waals surface area (Å²) in [5.41, 5.74) is 2.02. The van der Waals surface area contributed by atoms with E-state index in [0.717, 1.165) is 11.4 Å². The summed E-state index contributed by atoms with van der Waals surface area (Å²) in [5.74, 6) is -0.477. The van der Waals surface area contributed by atoms with Crippen LogP contribution in [0.5, 0.6) is 0 Å². The second kappa shape index (κ2) is 5.57. The Balaban J connectivity index is 2.24. The molecule has 0 aliphatic rings. The van der Waals surface area contributed by atoms with E-state index in [1.807, 2.05) is 6.92 Å². The lowest BCUT2D eigenvalue weighted by Crippen LogP contribution is -2.06. The molecule has 0 aliphatic carbocycles. The average molecular weight is 323 g/mol. The van der Waals surface area contributed by atoms with Crippen molar-refractivity contribution in [1.29, 1.82) is 0 Å². The molecule has 2 aromatic rings. The summed E-state index contributed by atoms with van der Waals surface area (Å²) in [7, 11) is 1.80. The first kappa shape index (κ1) is 14.4. The maximum absolute atomic E-state index is 13.1. The minimum Gasteiger partial charge on any atom is -0.377 e. The number of halogens is 4. The first-order valence-corrected chi connectivity index (χ1v) is 6.60. The number of aryl methyl sites for hydroxylation is 2. The third-order valence-electron chi connectivity index (χ3n) is 2.70. The molecule has 1 N–H and O–H groups in total. The van der Waals surface area contributed by atoms with E-state index in [4.69, 9.17) is 34.8 Å². The van der Waals surface area contributed by atoms with Crippen LogP contribution >= 0.6 is 34.8 Å².